The third-order valence-corrected chi connectivity index (χ3v) is 3.21. The maximum atomic E-state index is 11.4. The van der Waals surface area contributed by atoms with Crippen molar-refractivity contribution in [1.29, 1.82) is 0 Å². The lowest BCUT2D eigenvalue weighted by atomic mass is 10.2. The number of amides is 1. The Labute approximate surface area is 112 Å². The first kappa shape index (κ1) is 15.0. The minimum atomic E-state index is -0.106. The van der Waals surface area contributed by atoms with E-state index in [0.717, 1.165) is 5.75 Å². The molecule has 100 valence electrons. The molecule has 1 rings (SSSR count). The van der Waals surface area contributed by atoms with Crippen molar-refractivity contribution in [1.82, 2.24) is 5.48 Å². The predicted molar refractivity (Wildman–Crippen MR) is 72.5 cm³/mol. The molecule has 1 aromatic rings. The van der Waals surface area contributed by atoms with E-state index in [2.05, 4.69) is 36.7 Å². The zero-order chi connectivity index (χ0) is 13.2. The highest BCUT2D eigenvalue weighted by atomic mass is 32.2. The number of nitrogens with one attached hydrogen (secondary N) is 1. The quantitative estimate of drug-likeness (QED) is 0.446. The molecule has 0 saturated carbocycles. The van der Waals surface area contributed by atoms with Crippen LogP contribution in [0.25, 0.3) is 0 Å². The Kier molecular flexibility index (Phi) is 7.48. The van der Waals surface area contributed by atoms with Crippen LogP contribution in [-0.4, -0.2) is 32.0 Å². The number of carbonyl (C=O) groups is 1. The number of methoxy groups -OCH3 is 1. The van der Waals surface area contributed by atoms with Gasteiger partial charge in [-0.25, -0.2) is 5.48 Å². The lowest BCUT2D eigenvalue weighted by Gasteiger charge is -2.05. The maximum absolute atomic E-state index is 11.4. The predicted octanol–water partition coefficient (Wildman–Crippen LogP) is 2.17. The van der Waals surface area contributed by atoms with Gasteiger partial charge in [0.25, 0.3) is 0 Å². The lowest BCUT2D eigenvalue weighted by molar-refractivity contribution is -0.134. The van der Waals surface area contributed by atoms with E-state index in [0.29, 0.717) is 19.6 Å². The standard InChI is InChI=1S/C13H19NO3S/c1-11-3-5-12(6-4-11)18-10-7-13(15)14-17-9-8-16-2/h3-6H,7-10H2,1-2H3,(H,14,15). The summed E-state index contributed by atoms with van der Waals surface area (Å²) in [4.78, 5) is 17.5. The second kappa shape index (κ2) is 8.97. The van der Waals surface area contributed by atoms with Crippen molar-refractivity contribution >= 4 is 17.7 Å². The molecular weight excluding hydrogens is 250 g/mol. The maximum Gasteiger partial charge on any atom is 0.244 e. The summed E-state index contributed by atoms with van der Waals surface area (Å²) in [6, 6.07) is 8.26. The lowest BCUT2D eigenvalue weighted by Crippen LogP contribution is -2.25. The third-order valence-electron chi connectivity index (χ3n) is 2.19. The normalized spacial score (nSPS) is 10.3. The molecule has 0 heterocycles. The van der Waals surface area contributed by atoms with Crippen molar-refractivity contribution in [3.05, 3.63) is 29.8 Å². The SMILES string of the molecule is COCCONC(=O)CCSc1ccc(C)cc1. The molecule has 0 aromatic heterocycles. The second-order valence-electron chi connectivity index (χ2n) is 3.78. The van der Waals surface area contributed by atoms with Crippen LogP contribution >= 0.6 is 11.8 Å². The van der Waals surface area contributed by atoms with Crippen LogP contribution in [0.2, 0.25) is 0 Å². The first-order valence-corrected chi connectivity index (χ1v) is 6.80. The molecule has 0 bridgehead atoms. The third kappa shape index (κ3) is 6.64. The van der Waals surface area contributed by atoms with Crippen molar-refractivity contribution in [2.75, 3.05) is 26.1 Å². The van der Waals surface area contributed by atoms with E-state index in [1.807, 2.05) is 0 Å². The molecule has 1 N–H and O–H groups in total. The van der Waals surface area contributed by atoms with Gasteiger partial charge in [-0.05, 0) is 19.1 Å². The molecule has 0 atom stereocenters. The number of hydrogen-bond acceptors (Lipinski definition) is 4. The average Bonchev–Trinajstić information content (AvgIpc) is 2.37. The summed E-state index contributed by atoms with van der Waals surface area (Å²) < 4.78 is 4.79. The van der Waals surface area contributed by atoms with E-state index in [-0.39, 0.29) is 5.91 Å². The van der Waals surface area contributed by atoms with Gasteiger partial charge in [-0.3, -0.25) is 9.63 Å². The van der Waals surface area contributed by atoms with E-state index in [9.17, 15) is 4.79 Å². The summed E-state index contributed by atoms with van der Waals surface area (Å²) in [7, 11) is 1.59. The van der Waals surface area contributed by atoms with Crippen LogP contribution in [0.3, 0.4) is 0 Å². The fourth-order valence-electron chi connectivity index (χ4n) is 1.20. The molecule has 5 heteroatoms. The zero-order valence-corrected chi connectivity index (χ0v) is 11.6. The van der Waals surface area contributed by atoms with Crippen molar-refractivity contribution < 1.29 is 14.4 Å². The fraction of sp³-hybridized carbons (Fsp3) is 0.462. The van der Waals surface area contributed by atoms with Gasteiger partial charge in [0.1, 0.15) is 0 Å². The van der Waals surface area contributed by atoms with E-state index >= 15 is 0 Å². The molecule has 1 aromatic carbocycles. The van der Waals surface area contributed by atoms with Crippen LogP contribution in [-0.2, 0) is 14.4 Å². The molecule has 1 amide bonds. The zero-order valence-electron chi connectivity index (χ0n) is 10.8. The minimum Gasteiger partial charge on any atom is -0.382 e. The van der Waals surface area contributed by atoms with Gasteiger partial charge in [-0.15, -0.1) is 11.8 Å². The Hall–Kier alpha value is -1.04. The first-order chi connectivity index (χ1) is 8.72. The van der Waals surface area contributed by atoms with Crippen molar-refractivity contribution in [3.63, 3.8) is 0 Å². The highest BCUT2D eigenvalue weighted by molar-refractivity contribution is 7.99. The largest absolute Gasteiger partial charge is 0.382 e. The Morgan fingerprint density at radius 2 is 2.00 bits per heavy atom. The molecule has 0 radical (unpaired) electrons. The van der Waals surface area contributed by atoms with Crippen LogP contribution in [0.4, 0.5) is 0 Å². The summed E-state index contributed by atoms with van der Waals surface area (Å²) in [6.07, 6.45) is 0.436. The van der Waals surface area contributed by atoms with Gasteiger partial charge in [0, 0.05) is 24.2 Å². The summed E-state index contributed by atoms with van der Waals surface area (Å²) in [5, 5.41) is 0. The number of benzene rings is 1. The summed E-state index contributed by atoms with van der Waals surface area (Å²) >= 11 is 1.66. The second-order valence-corrected chi connectivity index (χ2v) is 4.95. The number of rotatable bonds is 8. The number of carbonyl (C=O) groups excluding carboxylic acids is 1. The van der Waals surface area contributed by atoms with E-state index in [1.165, 1.54) is 10.5 Å². The highest BCUT2D eigenvalue weighted by Gasteiger charge is 2.01. The van der Waals surface area contributed by atoms with Gasteiger partial charge in [-0.1, -0.05) is 17.7 Å². The summed E-state index contributed by atoms with van der Waals surface area (Å²) in [5.41, 5.74) is 3.62. The summed E-state index contributed by atoms with van der Waals surface area (Å²) in [5.74, 6) is 0.633. The van der Waals surface area contributed by atoms with Gasteiger partial charge >= 0.3 is 0 Å². The van der Waals surface area contributed by atoms with Crippen LogP contribution < -0.4 is 5.48 Å². The molecule has 0 unspecified atom stereocenters. The number of hydrogen-bond donors (Lipinski definition) is 1. The molecule has 0 aliphatic heterocycles. The Morgan fingerprint density at radius 1 is 1.28 bits per heavy atom. The van der Waals surface area contributed by atoms with Gasteiger partial charge in [0.2, 0.25) is 5.91 Å². The topological polar surface area (TPSA) is 47.6 Å². The van der Waals surface area contributed by atoms with E-state index in [4.69, 9.17) is 9.57 Å². The molecule has 18 heavy (non-hydrogen) atoms. The molecule has 0 aliphatic rings. The van der Waals surface area contributed by atoms with Crippen molar-refractivity contribution in [2.45, 2.75) is 18.2 Å². The van der Waals surface area contributed by atoms with Crippen LogP contribution in [0.15, 0.2) is 29.2 Å². The summed E-state index contributed by atoms with van der Waals surface area (Å²) in [6.45, 7) is 2.89. The van der Waals surface area contributed by atoms with Crippen molar-refractivity contribution in [2.24, 2.45) is 0 Å². The van der Waals surface area contributed by atoms with Gasteiger partial charge < -0.3 is 4.74 Å². The average molecular weight is 269 g/mol. The highest BCUT2D eigenvalue weighted by Crippen LogP contribution is 2.18. The molecule has 0 saturated heterocycles. The molecule has 0 aliphatic carbocycles. The molecule has 0 spiro atoms. The van der Waals surface area contributed by atoms with Crippen LogP contribution in [0, 0.1) is 6.92 Å². The minimum absolute atomic E-state index is 0.106. The van der Waals surface area contributed by atoms with E-state index in [1.54, 1.807) is 18.9 Å². The smallest absolute Gasteiger partial charge is 0.244 e. The van der Waals surface area contributed by atoms with Crippen LogP contribution in [0.5, 0.6) is 0 Å². The van der Waals surface area contributed by atoms with Gasteiger partial charge in [0.05, 0.1) is 13.2 Å². The fourth-order valence-corrected chi connectivity index (χ4v) is 2.06. The van der Waals surface area contributed by atoms with Crippen LogP contribution in [0.1, 0.15) is 12.0 Å². The molecule has 4 nitrogen and oxygen atoms in total. The Bertz CT molecular complexity index is 354. The number of hydroxylamine groups is 1. The van der Waals surface area contributed by atoms with Gasteiger partial charge in [0.15, 0.2) is 0 Å². The van der Waals surface area contributed by atoms with Crippen molar-refractivity contribution in [3.8, 4) is 0 Å². The monoisotopic (exact) mass is 269 g/mol. The number of aryl methyl sites for hydroxylation is 1. The molecule has 0 fully saturated rings. The first-order valence-electron chi connectivity index (χ1n) is 5.81. The number of ether oxygens (including phenoxy) is 1. The Balaban J connectivity index is 2.10. The van der Waals surface area contributed by atoms with E-state index < -0.39 is 0 Å². The molecular formula is C13H19NO3S. The Morgan fingerprint density at radius 3 is 2.67 bits per heavy atom. The number of thioether (sulfide) groups is 1. The van der Waals surface area contributed by atoms with Gasteiger partial charge in [-0.2, -0.15) is 0 Å².